The fraction of sp³-hybridized carbons (Fsp3) is 0.333. The third kappa shape index (κ3) is 2.27. The van der Waals surface area contributed by atoms with Crippen LogP contribution in [-0.2, 0) is 6.54 Å². The first-order chi connectivity index (χ1) is 9.79. The number of nitrogens with zero attached hydrogens (tertiary/aromatic N) is 2. The lowest BCUT2D eigenvalue weighted by Crippen LogP contribution is -2.26. The summed E-state index contributed by atoms with van der Waals surface area (Å²) in [6.45, 7) is 3.26. The molecule has 1 unspecified atom stereocenters. The SMILES string of the molecule is CCCn1ccnc(NC2COc3ccccc32)c1=O. The number of para-hydroxylation sites is 1. The summed E-state index contributed by atoms with van der Waals surface area (Å²) >= 11 is 0. The van der Waals surface area contributed by atoms with Gasteiger partial charge in [0.1, 0.15) is 12.4 Å². The van der Waals surface area contributed by atoms with E-state index in [1.807, 2.05) is 31.2 Å². The molecule has 0 fully saturated rings. The second-order valence-electron chi connectivity index (χ2n) is 4.82. The molecule has 0 aliphatic carbocycles. The van der Waals surface area contributed by atoms with Crippen LogP contribution in [0.25, 0.3) is 0 Å². The molecule has 1 aromatic heterocycles. The monoisotopic (exact) mass is 271 g/mol. The van der Waals surface area contributed by atoms with E-state index in [1.165, 1.54) is 0 Å². The van der Waals surface area contributed by atoms with Crippen LogP contribution < -0.4 is 15.6 Å². The van der Waals surface area contributed by atoms with E-state index in [1.54, 1.807) is 17.0 Å². The number of benzene rings is 1. The van der Waals surface area contributed by atoms with Crippen LogP contribution in [0.2, 0.25) is 0 Å². The van der Waals surface area contributed by atoms with Crippen molar-refractivity contribution in [2.45, 2.75) is 25.9 Å². The molecular weight excluding hydrogens is 254 g/mol. The normalized spacial score (nSPS) is 16.6. The van der Waals surface area contributed by atoms with Crippen molar-refractivity contribution in [3.05, 3.63) is 52.6 Å². The predicted molar refractivity (Wildman–Crippen MR) is 77.1 cm³/mol. The Morgan fingerprint density at radius 2 is 2.30 bits per heavy atom. The summed E-state index contributed by atoms with van der Waals surface area (Å²) in [7, 11) is 0. The van der Waals surface area contributed by atoms with Crippen molar-refractivity contribution in [2.24, 2.45) is 0 Å². The number of anilines is 1. The van der Waals surface area contributed by atoms with Crippen LogP contribution in [-0.4, -0.2) is 16.2 Å². The van der Waals surface area contributed by atoms with Gasteiger partial charge in [0.2, 0.25) is 0 Å². The summed E-state index contributed by atoms with van der Waals surface area (Å²) in [6.07, 6.45) is 4.29. The lowest BCUT2D eigenvalue weighted by atomic mass is 10.1. The molecule has 0 saturated carbocycles. The average Bonchev–Trinajstić information content (AvgIpc) is 2.87. The van der Waals surface area contributed by atoms with Crippen molar-refractivity contribution in [3.8, 4) is 5.75 Å². The van der Waals surface area contributed by atoms with Crippen LogP contribution in [0.15, 0.2) is 41.5 Å². The highest BCUT2D eigenvalue weighted by atomic mass is 16.5. The molecule has 2 heterocycles. The van der Waals surface area contributed by atoms with E-state index < -0.39 is 0 Å². The van der Waals surface area contributed by atoms with Gasteiger partial charge < -0.3 is 14.6 Å². The van der Waals surface area contributed by atoms with Gasteiger partial charge in [0.05, 0.1) is 6.04 Å². The predicted octanol–water partition coefficient (Wildman–Crippen LogP) is 2.20. The van der Waals surface area contributed by atoms with Crippen LogP contribution in [0.4, 0.5) is 5.82 Å². The third-order valence-corrected chi connectivity index (χ3v) is 3.39. The Morgan fingerprint density at radius 1 is 1.45 bits per heavy atom. The number of ether oxygens (including phenoxy) is 1. The van der Waals surface area contributed by atoms with Crippen molar-refractivity contribution >= 4 is 5.82 Å². The highest BCUT2D eigenvalue weighted by Crippen LogP contribution is 2.33. The van der Waals surface area contributed by atoms with Crippen molar-refractivity contribution in [1.82, 2.24) is 9.55 Å². The molecule has 20 heavy (non-hydrogen) atoms. The molecule has 2 aromatic rings. The summed E-state index contributed by atoms with van der Waals surface area (Å²) in [6, 6.07) is 7.83. The van der Waals surface area contributed by atoms with Gasteiger partial charge in [-0.05, 0) is 12.5 Å². The molecule has 1 aromatic carbocycles. The van der Waals surface area contributed by atoms with Gasteiger partial charge in [-0.3, -0.25) is 4.79 Å². The Hall–Kier alpha value is -2.30. The molecule has 3 rings (SSSR count). The number of aryl methyl sites for hydroxylation is 1. The topological polar surface area (TPSA) is 56.1 Å². The van der Waals surface area contributed by atoms with Crippen LogP contribution >= 0.6 is 0 Å². The van der Waals surface area contributed by atoms with Crippen LogP contribution in [0, 0.1) is 0 Å². The van der Waals surface area contributed by atoms with Gasteiger partial charge >= 0.3 is 0 Å². The number of aromatic nitrogens is 2. The van der Waals surface area contributed by atoms with Gasteiger partial charge in [0, 0.05) is 24.5 Å². The molecule has 5 heteroatoms. The molecular formula is C15H17N3O2. The van der Waals surface area contributed by atoms with Gasteiger partial charge in [0.25, 0.3) is 5.56 Å². The summed E-state index contributed by atoms with van der Waals surface area (Å²) in [5.41, 5.74) is 0.985. The Bertz CT molecular complexity index is 666. The maximum Gasteiger partial charge on any atom is 0.293 e. The van der Waals surface area contributed by atoms with E-state index in [9.17, 15) is 4.79 Å². The zero-order valence-corrected chi connectivity index (χ0v) is 11.4. The summed E-state index contributed by atoms with van der Waals surface area (Å²) < 4.78 is 7.28. The molecule has 0 bridgehead atoms. The molecule has 0 amide bonds. The molecule has 1 aliphatic rings. The van der Waals surface area contributed by atoms with Gasteiger partial charge in [-0.2, -0.15) is 0 Å². The van der Waals surface area contributed by atoms with Gasteiger partial charge in [-0.1, -0.05) is 25.1 Å². The summed E-state index contributed by atoms with van der Waals surface area (Å²) in [5.74, 6) is 1.25. The third-order valence-electron chi connectivity index (χ3n) is 3.39. The standard InChI is InChI=1S/C15H17N3O2/c1-2-8-18-9-7-16-14(15(18)19)17-12-10-20-13-6-4-3-5-11(12)13/h3-7,9,12H,2,8,10H2,1H3,(H,16,17). The van der Waals surface area contributed by atoms with E-state index >= 15 is 0 Å². The highest BCUT2D eigenvalue weighted by Gasteiger charge is 2.24. The lowest BCUT2D eigenvalue weighted by molar-refractivity contribution is 0.339. The molecule has 1 N–H and O–H groups in total. The van der Waals surface area contributed by atoms with Gasteiger partial charge in [-0.15, -0.1) is 0 Å². The van der Waals surface area contributed by atoms with E-state index in [0.717, 1.165) is 17.7 Å². The second-order valence-corrected chi connectivity index (χ2v) is 4.82. The quantitative estimate of drug-likeness (QED) is 0.926. The van der Waals surface area contributed by atoms with Gasteiger partial charge in [0.15, 0.2) is 5.82 Å². The van der Waals surface area contributed by atoms with Gasteiger partial charge in [-0.25, -0.2) is 4.98 Å². The molecule has 0 radical (unpaired) electrons. The number of hydrogen-bond acceptors (Lipinski definition) is 4. The van der Waals surface area contributed by atoms with Crippen molar-refractivity contribution in [1.29, 1.82) is 0 Å². The zero-order chi connectivity index (χ0) is 13.9. The highest BCUT2D eigenvalue weighted by molar-refractivity contribution is 5.45. The summed E-state index contributed by atoms with van der Waals surface area (Å²) in [4.78, 5) is 16.4. The van der Waals surface area contributed by atoms with E-state index in [2.05, 4.69) is 10.3 Å². The van der Waals surface area contributed by atoms with E-state index in [-0.39, 0.29) is 11.6 Å². The zero-order valence-electron chi connectivity index (χ0n) is 11.4. The minimum absolute atomic E-state index is 0.0242. The number of rotatable bonds is 4. The Morgan fingerprint density at radius 3 is 3.15 bits per heavy atom. The maximum absolute atomic E-state index is 12.3. The molecule has 0 saturated heterocycles. The van der Waals surface area contributed by atoms with E-state index in [0.29, 0.717) is 19.0 Å². The van der Waals surface area contributed by atoms with Crippen LogP contribution in [0.1, 0.15) is 24.9 Å². The smallest absolute Gasteiger partial charge is 0.293 e. The molecule has 0 spiro atoms. The van der Waals surface area contributed by atoms with E-state index in [4.69, 9.17) is 4.74 Å². The minimum Gasteiger partial charge on any atom is -0.491 e. The molecule has 1 aliphatic heterocycles. The maximum atomic E-state index is 12.3. The van der Waals surface area contributed by atoms with Crippen LogP contribution in [0.3, 0.4) is 0 Å². The second kappa shape index (κ2) is 5.36. The Kier molecular flexibility index (Phi) is 3.41. The molecule has 1 atom stereocenters. The first-order valence-corrected chi connectivity index (χ1v) is 6.83. The number of fused-ring (bicyclic) bond motifs is 1. The fourth-order valence-corrected chi connectivity index (χ4v) is 2.41. The van der Waals surface area contributed by atoms with Crippen molar-refractivity contribution < 1.29 is 4.74 Å². The molecule has 104 valence electrons. The van der Waals surface area contributed by atoms with Crippen LogP contribution in [0.5, 0.6) is 5.75 Å². The largest absolute Gasteiger partial charge is 0.491 e. The Balaban J connectivity index is 1.86. The number of hydrogen-bond donors (Lipinski definition) is 1. The van der Waals surface area contributed by atoms with Crippen molar-refractivity contribution in [2.75, 3.05) is 11.9 Å². The molecule has 5 nitrogen and oxygen atoms in total. The summed E-state index contributed by atoms with van der Waals surface area (Å²) in [5, 5.41) is 3.19. The number of nitrogens with one attached hydrogen (secondary N) is 1. The van der Waals surface area contributed by atoms with Crippen molar-refractivity contribution in [3.63, 3.8) is 0 Å². The Labute approximate surface area is 117 Å². The average molecular weight is 271 g/mol. The minimum atomic E-state index is -0.0845. The first kappa shape index (κ1) is 12.7. The fourth-order valence-electron chi connectivity index (χ4n) is 2.41. The first-order valence-electron chi connectivity index (χ1n) is 6.83. The lowest BCUT2D eigenvalue weighted by Gasteiger charge is -2.13.